The second-order valence-corrected chi connectivity index (χ2v) is 6.58. The molecule has 1 unspecified atom stereocenters. The van der Waals surface area contributed by atoms with Crippen molar-refractivity contribution in [3.05, 3.63) is 35.9 Å². The molecule has 0 aromatic heterocycles. The third-order valence-corrected chi connectivity index (χ3v) is 4.94. The maximum absolute atomic E-state index is 12.7. The highest BCUT2D eigenvalue weighted by Crippen LogP contribution is 2.47. The van der Waals surface area contributed by atoms with E-state index < -0.39 is 0 Å². The second-order valence-electron chi connectivity index (χ2n) is 6.58. The van der Waals surface area contributed by atoms with Crippen molar-refractivity contribution in [2.24, 2.45) is 11.8 Å². The molecule has 20 heavy (non-hydrogen) atoms. The van der Waals surface area contributed by atoms with Crippen LogP contribution in [0.25, 0.3) is 0 Å². The number of nitrogens with one attached hydrogen (secondary N) is 1. The highest BCUT2D eigenvalue weighted by Gasteiger charge is 2.48. The van der Waals surface area contributed by atoms with Crippen LogP contribution in [-0.2, 0) is 11.2 Å². The van der Waals surface area contributed by atoms with E-state index in [0.717, 1.165) is 24.9 Å². The monoisotopic (exact) mass is 270 g/mol. The van der Waals surface area contributed by atoms with Crippen molar-refractivity contribution in [3.8, 4) is 0 Å². The summed E-state index contributed by atoms with van der Waals surface area (Å²) < 4.78 is 0. The van der Waals surface area contributed by atoms with Gasteiger partial charge in [0.1, 0.15) is 0 Å². The summed E-state index contributed by atoms with van der Waals surface area (Å²) in [6.07, 6.45) is 6.13. The molecule has 0 spiro atoms. The molecule has 1 atom stereocenters. The summed E-state index contributed by atoms with van der Waals surface area (Å²) in [5.74, 6) is 1.92. The number of amides is 1. The molecule has 1 saturated heterocycles. The van der Waals surface area contributed by atoms with Crippen molar-refractivity contribution in [2.75, 3.05) is 6.67 Å². The van der Waals surface area contributed by atoms with Crippen LogP contribution in [0.2, 0.25) is 0 Å². The summed E-state index contributed by atoms with van der Waals surface area (Å²) in [5, 5.41) is 3.43. The lowest BCUT2D eigenvalue weighted by Crippen LogP contribution is -2.41. The van der Waals surface area contributed by atoms with Crippen LogP contribution in [0.4, 0.5) is 0 Å². The predicted octanol–water partition coefficient (Wildman–Crippen LogP) is 2.18. The minimum Gasteiger partial charge on any atom is -0.325 e. The zero-order chi connectivity index (χ0) is 13.5. The lowest BCUT2D eigenvalue weighted by atomic mass is 10.0. The zero-order valence-electron chi connectivity index (χ0n) is 11.8. The van der Waals surface area contributed by atoms with Crippen molar-refractivity contribution < 1.29 is 4.79 Å². The van der Waals surface area contributed by atoms with Crippen molar-refractivity contribution in [1.29, 1.82) is 0 Å². The molecule has 1 aromatic carbocycles. The van der Waals surface area contributed by atoms with Gasteiger partial charge in [0, 0.05) is 6.04 Å². The number of benzene rings is 1. The number of carbonyl (C=O) groups is 1. The van der Waals surface area contributed by atoms with E-state index in [0.29, 0.717) is 11.9 Å². The van der Waals surface area contributed by atoms with Gasteiger partial charge in [-0.1, -0.05) is 30.3 Å². The van der Waals surface area contributed by atoms with E-state index in [1.165, 1.54) is 31.2 Å². The summed E-state index contributed by atoms with van der Waals surface area (Å²) in [7, 11) is 0. The van der Waals surface area contributed by atoms with Crippen molar-refractivity contribution in [2.45, 2.75) is 44.2 Å². The molecule has 3 fully saturated rings. The van der Waals surface area contributed by atoms with Gasteiger partial charge >= 0.3 is 0 Å². The fraction of sp³-hybridized carbons (Fsp3) is 0.588. The average Bonchev–Trinajstić information content (AvgIpc) is 3.36. The van der Waals surface area contributed by atoms with Gasteiger partial charge in [-0.3, -0.25) is 10.1 Å². The first kappa shape index (κ1) is 12.4. The van der Waals surface area contributed by atoms with Gasteiger partial charge in [0.2, 0.25) is 5.91 Å². The summed E-state index contributed by atoms with van der Waals surface area (Å²) in [6.45, 7) is 0.758. The molecular weight excluding hydrogens is 248 g/mol. The quantitative estimate of drug-likeness (QED) is 0.889. The molecule has 2 aliphatic carbocycles. The highest BCUT2D eigenvalue weighted by molar-refractivity contribution is 5.84. The van der Waals surface area contributed by atoms with Gasteiger partial charge in [-0.25, -0.2) is 0 Å². The fourth-order valence-electron chi connectivity index (χ4n) is 3.60. The maximum Gasteiger partial charge on any atom is 0.241 e. The lowest BCUT2D eigenvalue weighted by Gasteiger charge is -2.27. The van der Waals surface area contributed by atoms with E-state index in [1.807, 2.05) is 18.2 Å². The van der Waals surface area contributed by atoms with E-state index in [9.17, 15) is 4.79 Å². The van der Waals surface area contributed by atoms with E-state index in [-0.39, 0.29) is 6.04 Å². The van der Waals surface area contributed by atoms with Gasteiger partial charge in [-0.05, 0) is 49.5 Å². The van der Waals surface area contributed by atoms with Crippen LogP contribution in [0.1, 0.15) is 31.2 Å². The molecule has 1 heterocycles. The van der Waals surface area contributed by atoms with Gasteiger partial charge in [0.15, 0.2) is 0 Å². The van der Waals surface area contributed by atoms with E-state index in [2.05, 4.69) is 22.3 Å². The van der Waals surface area contributed by atoms with Gasteiger partial charge in [0.05, 0.1) is 12.7 Å². The van der Waals surface area contributed by atoms with Crippen LogP contribution in [-0.4, -0.2) is 29.6 Å². The minimum absolute atomic E-state index is 0.0163. The van der Waals surface area contributed by atoms with Crippen LogP contribution < -0.4 is 5.32 Å². The van der Waals surface area contributed by atoms with Crippen LogP contribution in [0, 0.1) is 11.8 Å². The van der Waals surface area contributed by atoms with Crippen molar-refractivity contribution in [1.82, 2.24) is 10.2 Å². The van der Waals surface area contributed by atoms with Crippen molar-refractivity contribution >= 4 is 5.91 Å². The summed E-state index contributed by atoms with van der Waals surface area (Å²) >= 11 is 0. The lowest BCUT2D eigenvalue weighted by molar-refractivity contribution is -0.131. The first-order valence-electron chi connectivity index (χ1n) is 7.91. The third kappa shape index (κ3) is 2.35. The molecule has 0 radical (unpaired) electrons. The second kappa shape index (κ2) is 4.88. The topological polar surface area (TPSA) is 32.3 Å². The highest BCUT2D eigenvalue weighted by atomic mass is 16.2. The Morgan fingerprint density at radius 2 is 1.75 bits per heavy atom. The molecule has 4 rings (SSSR count). The molecule has 1 aliphatic heterocycles. The molecule has 3 heteroatoms. The fourth-order valence-corrected chi connectivity index (χ4v) is 3.60. The van der Waals surface area contributed by atoms with Gasteiger partial charge < -0.3 is 4.90 Å². The SMILES string of the molecule is O=C1C(Cc2ccccc2)NCN1C(C1CC1)C1CC1. The largest absolute Gasteiger partial charge is 0.325 e. The number of nitrogens with zero attached hydrogens (tertiary/aromatic N) is 1. The molecule has 2 saturated carbocycles. The third-order valence-electron chi connectivity index (χ3n) is 4.94. The van der Waals surface area contributed by atoms with Crippen LogP contribution in [0.3, 0.4) is 0 Å². The summed E-state index contributed by atoms with van der Waals surface area (Å²) in [4.78, 5) is 14.8. The van der Waals surface area contributed by atoms with Gasteiger partial charge in [0.25, 0.3) is 0 Å². The molecule has 1 N–H and O–H groups in total. The number of hydrogen-bond donors (Lipinski definition) is 1. The van der Waals surface area contributed by atoms with E-state index in [1.54, 1.807) is 0 Å². The average molecular weight is 270 g/mol. The Hall–Kier alpha value is -1.35. The Labute approximate surface area is 120 Å². The molecular formula is C17H22N2O. The summed E-state index contributed by atoms with van der Waals surface area (Å²) in [5.41, 5.74) is 1.24. The predicted molar refractivity (Wildman–Crippen MR) is 78.0 cm³/mol. The van der Waals surface area contributed by atoms with Gasteiger partial charge in [-0.15, -0.1) is 0 Å². The normalized spacial score (nSPS) is 26.6. The Morgan fingerprint density at radius 3 is 2.35 bits per heavy atom. The Kier molecular flexibility index (Phi) is 3.03. The first-order chi connectivity index (χ1) is 9.83. The van der Waals surface area contributed by atoms with Crippen LogP contribution in [0.5, 0.6) is 0 Å². The smallest absolute Gasteiger partial charge is 0.241 e. The maximum atomic E-state index is 12.7. The first-order valence-corrected chi connectivity index (χ1v) is 7.91. The Morgan fingerprint density at radius 1 is 1.10 bits per heavy atom. The molecule has 106 valence electrons. The number of hydrogen-bond acceptors (Lipinski definition) is 2. The minimum atomic E-state index is -0.0163. The number of carbonyl (C=O) groups excluding carboxylic acids is 1. The molecule has 3 aliphatic rings. The van der Waals surface area contributed by atoms with Crippen molar-refractivity contribution in [3.63, 3.8) is 0 Å². The number of rotatable bonds is 5. The zero-order valence-corrected chi connectivity index (χ0v) is 11.8. The molecule has 3 nitrogen and oxygen atoms in total. The molecule has 1 amide bonds. The standard InChI is InChI=1S/C17H22N2O/c20-17-15(10-12-4-2-1-3-5-12)18-11-19(17)16(13-6-7-13)14-8-9-14/h1-5,13-16,18H,6-11H2. The molecule has 1 aromatic rings. The molecule has 0 bridgehead atoms. The van der Waals surface area contributed by atoms with Crippen LogP contribution >= 0.6 is 0 Å². The Balaban J connectivity index is 1.45. The summed E-state index contributed by atoms with van der Waals surface area (Å²) in [6, 6.07) is 10.9. The van der Waals surface area contributed by atoms with Crippen LogP contribution in [0.15, 0.2) is 30.3 Å². The Bertz CT molecular complexity index is 481. The van der Waals surface area contributed by atoms with E-state index >= 15 is 0 Å². The van der Waals surface area contributed by atoms with Gasteiger partial charge in [-0.2, -0.15) is 0 Å². The van der Waals surface area contributed by atoms with E-state index in [4.69, 9.17) is 0 Å².